The summed E-state index contributed by atoms with van der Waals surface area (Å²) in [6.07, 6.45) is 1.87. The van der Waals surface area contributed by atoms with Gasteiger partial charge in [0, 0.05) is 41.5 Å². The number of halogens is 1. The van der Waals surface area contributed by atoms with Crippen molar-refractivity contribution in [3.63, 3.8) is 0 Å². The van der Waals surface area contributed by atoms with Gasteiger partial charge in [0.25, 0.3) is 0 Å². The summed E-state index contributed by atoms with van der Waals surface area (Å²) in [4.78, 5) is 24.5. The topological polar surface area (TPSA) is 97.4 Å². The van der Waals surface area contributed by atoms with Crippen LogP contribution in [0.4, 0.5) is 10.1 Å². The number of hydrogen-bond donors (Lipinski definition) is 2. The van der Waals surface area contributed by atoms with Gasteiger partial charge in [0.2, 0.25) is 0 Å². The van der Waals surface area contributed by atoms with Crippen molar-refractivity contribution in [2.75, 3.05) is 5.32 Å². The molecule has 2 N–H and O–H groups in total. The number of carbonyl (C=O) groups is 1. The van der Waals surface area contributed by atoms with Crippen molar-refractivity contribution < 1.29 is 18.7 Å². The molecule has 0 unspecified atom stereocenters. The number of hydrogen-bond acceptors (Lipinski definition) is 5. The molecule has 0 bridgehead atoms. The number of fused-ring (bicyclic) bond motifs is 2. The maximum atomic E-state index is 14.5. The second kappa shape index (κ2) is 8.15. The molecule has 1 atom stereocenters. The molecule has 3 aromatic carbocycles. The maximum absolute atomic E-state index is 14.5. The summed E-state index contributed by atoms with van der Waals surface area (Å²) in [5.41, 5.74) is 2.22. The van der Waals surface area contributed by atoms with E-state index in [1.165, 1.54) is 18.2 Å². The number of para-hydroxylation sites is 1. The minimum atomic E-state index is -1.08. The average Bonchev–Trinajstić information content (AvgIpc) is 3.18. The number of aromatic nitrogens is 2. The van der Waals surface area contributed by atoms with Gasteiger partial charge in [-0.15, -0.1) is 0 Å². The number of aryl methyl sites for hydroxylation is 1. The van der Waals surface area contributed by atoms with Gasteiger partial charge in [-0.1, -0.05) is 12.1 Å². The molecule has 2 aromatic heterocycles. The summed E-state index contributed by atoms with van der Waals surface area (Å²) < 4.78 is 22.3. The zero-order valence-corrected chi connectivity index (χ0v) is 18.4. The second-order valence-electron chi connectivity index (χ2n) is 8.14. The van der Waals surface area contributed by atoms with Crippen LogP contribution < -0.4 is 10.7 Å². The molecule has 0 spiro atoms. The number of rotatable bonds is 5. The fourth-order valence-electron chi connectivity index (χ4n) is 4.12. The van der Waals surface area contributed by atoms with E-state index in [0.717, 1.165) is 17.0 Å². The average molecular weight is 457 g/mol. The predicted molar refractivity (Wildman–Crippen MR) is 128 cm³/mol. The van der Waals surface area contributed by atoms with Crippen LogP contribution >= 0.6 is 0 Å². The highest BCUT2D eigenvalue weighted by Gasteiger charge is 2.19. The lowest BCUT2D eigenvalue weighted by Gasteiger charge is -2.19. The lowest BCUT2D eigenvalue weighted by atomic mass is 10.0. The van der Waals surface area contributed by atoms with Crippen LogP contribution in [0.5, 0.6) is 0 Å². The van der Waals surface area contributed by atoms with Gasteiger partial charge in [-0.2, -0.15) is 5.10 Å². The van der Waals surface area contributed by atoms with Crippen LogP contribution in [0.25, 0.3) is 33.2 Å². The van der Waals surface area contributed by atoms with Crippen LogP contribution in [-0.2, 0) is 7.05 Å². The first-order chi connectivity index (χ1) is 16.3. The van der Waals surface area contributed by atoms with Gasteiger partial charge in [-0.3, -0.25) is 9.48 Å². The summed E-state index contributed by atoms with van der Waals surface area (Å²) >= 11 is 0. The molecule has 0 fully saturated rings. The Labute approximate surface area is 193 Å². The lowest BCUT2D eigenvalue weighted by molar-refractivity contribution is 0.0698. The Morgan fingerprint density at radius 1 is 1.15 bits per heavy atom. The molecule has 0 aliphatic heterocycles. The third-order valence-corrected chi connectivity index (χ3v) is 5.72. The molecule has 0 aliphatic rings. The molecule has 0 aliphatic carbocycles. The van der Waals surface area contributed by atoms with E-state index in [1.54, 1.807) is 29.8 Å². The molecule has 0 saturated heterocycles. The first-order valence-electron chi connectivity index (χ1n) is 10.6. The molecular weight excluding hydrogens is 437 g/mol. The Morgan fingerprint density at radius 3 is 2.74 bits per heavy atom. The molecule has 5 aromatic rings. The number of carboxylic acids is 1. The van der Waals surface area contributed by atoms with Gasteiger partial charge in [0.1, 0.15) is 17.2 Å². The third kappa shape index (κ3) is 3.79. The van der Waals surface area contributed by atoms with Crippen LogP contribution in [0.15, 0.2) is 76.1 Å². The van der Waals surface area contributed by atoms with Crippen molar-refractivity contribution in [3.05, 3.63) is 94.0 Å². The molecular formula is C26H20FN3O4. The van der Waals surface area contributed by atoms with Gasteiger partial charge in [-0.05, 0) is 49.4 Å². The van der Waals surface area contributed by atoms with Crippen LogP contribution in [0.3, 0.4) is 0 Å². The zero-order valence-electron chi connectivity index (χ0n) is 18.4. The van der Waals surface area contributed by atoms with E-state index < -0.39 is 17.8 Å². The summed E-state index contributed by atoms with van der Waals surface area (Å²) in [5.74, 6) is -1.33. The minimum absolute atomic E-state index is 0.0852. The van der Waals surface area contributed by atoms with Gasteiger partial charge in [0.05, 0.1) is 22.5 Å². The normalized spacial score (nSPS) is 12.2. The number of nitrogens with one attached hydrogen (secondary N) is 1. The largest absolute Gasteiger partial charge is 0.478 e. The molecule has 0 amide bonds. The molecule has 0 saturated carbocycles. The molecule has 5 rings (SSSR count). The summed E-state index contributed by atoms with van der Waals surface area (Å²) in [5, 5.41) is 17.9. The van der Waals surface area contributed by atoms with Crippen LogP contribution in [0.2, 0.25) is 0 Å². The molecule has 2 heterocycles. The highest BCUT2D eigenvalue weighted by molar-refractivity contribution is 5.94. The van der Waals surface area contributed by atoms with E-state index in [9.17, 15) is 19.1 Å². The van der Waals surface area contributed by atoms with Crippen LogP contribution in [0, 0.1) is 5.82 Å². The van der Waals surface area contributed by atoms with Crippen molar-refractivity contribution >= 4 is 33.5 Å². The Morgan fingerprint density at radius 2 is 1.94 bits per heavy atom. The Hall–Kier alpha value is -4.46. The standard InChI is InChI=1S/C26H20FN3O4/c1-14(28-22-6-4-3-5-18(22)26(32)33)19-10-17(27)11-20-23(31)12-24(34-25(19)20)15-7-8-21-16(9-15)13-30(2)29-21/h3-14,28H,1-2H3,(H,32,33)/t14-/m1/s1. The van der Waals surface area contributed by atoms with Gasteiger partial charge in [-0.25, -0.2) is 9.18 Å². The maximum Gasteiger partial charge on any atom is 0.337 e. The van der Waals surface area contributed by atoms with Crippen molar-refractivity contribution in [1.82, 2.24) is 9.78 Å². The van der Waals surface area contributed by atoms with E-state index in [2.05, 4.69) is 10.4 Å². The van der Waals surface area contributed by atoms with Crippen molar-refractivity contribution in [2.24, 2.45) is 7.05 Å². The van der Waals surface area contributed by atoms with E-state index in [4.69, 9.17) is 4.42 Å². The molecule has 7 nitrogen and oxygen atoms in total. The van der Waals surface area contributed by atoms with Gasteiger partial charge < -0.3 is 14.8 Å². The number of carboxylic acid groups (broad SMARTS) is 1. The van der Waals surface area contributed by atoms with Crippen molar-refractivity contribution in [2.45, 2.75) is 13.0 Å². The fraction of sp³-hybridized carbons (Fsp3) is 0.115. The SMILES string of the molecule is C[C@@H](Nc1ccccc1C(=O)O)c1cc(F)cc2c(=O)cc(-c3ccc4nn(C)cc4c3)oc12. The van der Waals surface area contributed by atoms with Gasteiger partial charge in [0.15, 0.2) is 5.43 Å². The van der Waals surface area contributed by atoms with Gasteiger partial charge >= 0.3 is 5.97 Å². The molecule has 34 heavy (non-hydrogen) atoms. The number of benzene rings is 3. The quantitative estimate of drug-likeness (QED) is 0.369. The Bertz CT molecular complexity index is 1640. The highest BCUT2D eigenvalue weighted by Crippen LogP contribution is 2.32. The first-order valence-corrected chi connectivity index (χ1v) is 10.6. The minimum Gasteiger partial charge on any atom is -0.478 e. The smallest absolute Gasteiger partial charge is 0.337 e. The number of nitrogens with zero attached hydrogens (tertiary/aromatic N) is 2. The third-order valence-electron chi connectivity index (χ3n) is 5.72. The summed E-state index contributed by atoms with van der Waals surface area (Å²) in [6, 6.07) is 15.2. The first kappa shape index (κ1) is 21.4. The van der Waals surface area contributed by atoms with Crippen LogP contribution in [-0.4, -0.2) is 20.9 Å². The summed E-state index contributed by atoms with van der Waals surface area (Å²) in [6.45, 7) is 1.75. The van der Waals surface area contributed by atoms with Crippen molar-refractivity contribution in [1.29, 1.82) is 0 Å². The lowest BCUT2D eigenvalue weighted by Crippen LogP contribution is -2.12. The summed E-state index contributed by atoms with van der Waals surface area (Å²) in [7, 11) is 1.83. The molecule has 8 heteroatoms. The van der Waals surface area contributed by atoms with E-state index >= 15 is 0 Å². The number of anilines is 1. The van der Waals surface area contributed by atoms with Crippen molar-refractivity contribution in [3.8, 4) is 11.3 Å². The zero-order chi connectivity index (χ0) is 24.0. The molecule has 0 radical (unpaired) electrons. The highest BCUT2D eigenvalue weighted by atomic mass is 19.1. The Kier molecular flexibility index (Phi) is 5.13. The molecule has 170 valence electrons. The Balaban J connectivity index is 1.64. The second-order valence-corrected chi connectivity index (χ2v) is 8.14. The van der Waals surface area contributed by atoms with E-state index in [-0.39, 0.29) is 22.0 Å². The van der Waals surface area contributed by atoms with E-state index in [0.29, 0.717) is 22.6 Å². The van der Waals surface area contributed by atoms with Crippen LogP contribution in [0.1, 0.15) is 28.9 Å². The monoisotopic (exact) mass is 457 g/mol. The fourth-order valence-corrected chi connectivity index (χ4v) is 4.12. The predicted octanol–water partition coefficient (Wildman–Crippen LogP) is 5.36. The number of aromatic carboxylic acids is 1. The van der Waals surface area contributed by atoms with E-state index in [1.807, 2.05) is 31.4 Å².